The van der Waals surface area contributed by atoms with Gasteiger partial charge in [-0.15, -0.1) is 0 Å². The third-order valence-electron chi connectivity index (χ3n) is 4.93. The molecule has 8 nitrogen and oxygen atoms in total. The molecule has 2 N–H and O–H groups in total. The number of rotatable bonds is 8. The predicted octanol–water partition coefficient (Wildman–Crippen LogP) is 5.03. The molecule has 1 aliphatic rings. The molecule has 4 rings (SSSR count). The van der Waals surface area contributed by atoms with E-state index in [1.807, 2.05) is 18.2 Å². The zero-order valence-corrected chi connectivity index (χ0v) is 20.3. The van der Waals surface area contributed by atoms with E-state index >= 15 is 0 Å². The van der Waals surface area contributed by atoms with E-state index in [-0.39, 0.29) is 17.4 Å². The van der Waals surface area contributed by atoms with E-state index in [4.69, 9.17) is 16.3 Å². The summed E-state index contributed by atoms with van der Waals surface area (Å²) in [4.78, 5) is 50.5. The Balaban J connectivity index is 1.32. The summed E-state index contributed by atoms with van der Waals surface area (Å²) in [6.45, 7) is -0.589. The molecular weight excluding hydrogens is 502 g/mol. The molecule has 182 valence electrons. The standard InChI is InChI=1S/C26H20ClN3O5S/c27-20-8-4-5-9-21(20)29-23(31)15-30-25(33)22(36-26(30)34)14-17-10-12-19(13-11-17)35-16-24(32)28-18-6-2-1-3-7-18/h1-14H,15-16H2,(H,28,32)(H,29,31)/b22-14+. The van der Waals surface area contributed by atoms with Crippen molar-refractivity contribution >= 4 is 63.8 Å². The summed E-state index contributed by atoms with van der Waals surface area (Å²) in [6.07, 6.45) is 1.56. The third kappa shape index (κ3) is 6.53. The van der Waals surface area contributed by atoms with Crippen LogP contribution in [0.3, 0.4) is 0 Å². The highest BCUT2D eigenvalue weighted by molar-refractivity contribution is 8.18. The Kier molecular flexibility index (Phi) is 8.04. The Bertz CT molecular complexity index is 1330. The minimum atomic E-state index is -0.558. The number of nitrogens with one attached hydrogen (secondary N) is 2. The molecule has 1 fully saturated rings. The lowest BCUT2D eigenvalue weighted by Gasteiger charge is -2.13. The van der Waals surface area contributed by atoms with Gasteiger partial charge in [0, 0.05) is 5.69 Å². The van der Waals surface area contributed by atoms with Crippen molar-refractivity contribution in [2.75, 3.05) is 23.8 Å². The topological polar surface area (TPSA) is 105 Å². The van der Waals surface area contributed by atoms with Gasteiger partial charge < -0.3 is 15.4 Å². The summed E-state index contributed by atoms with van der Waals surface area (Å²) < 4.78 is 5.50. The lowest BCUT2D eigenvalue weighted by atomic mass is 10.2. The Morgan fingerprint density at radius 1 is 0.889 bits per heavy atom. The number of hydrogen-bond acceptors (Lipinski definition) is 6. The maximum atomic E-state index is 12.7. The number of nitrogens with zero attached hydrogens (tertiary/aromatic N) is 1. The van der Waals surface area contributed by atoms with Gasteiger partial charge in [0.25, 0.3) is 17.1 Å². The zero-order valence-electron chi connectivity index (χ0n) is 18.8. The maximum Gasteiger partial charge on any atom is 0.294 e. The molecule has 1 saturated heterocycles. The highest BCUT2D eigenvalue weighted by atomic mass is 35.5. The van der Waals surface area contributed by atoms with E-state index in [0.717, 1.165) is 16.7 Å². The Morgan fingerprint density at radius 3 is 2.31 bits per heavy atom. The van der Waals surface area contributed by atoms with E-state index in [2.05, 4.69) is 10.6 Å². The fourth-order valence-electron chi connectivity index (χ4n) is 3.21. The van der Waals surface area contributed by atoms with E-state index in [1.54, 1.807) is 66.7 Å². The number of para-hydroxylation sites is 2. The van der Waals surface area contributed by atoms with Crippen LogP contribution in [-0.4, -0.2) is 41.0 Å². The third-order valence-corrected chi connectivity index (χ3v) is 6.17. The summed E-state index contributed by atoms with van der Waals surface area (Å²) in [5.74, 6) is -0.918. The Hall–Kier alpha value is -4.08. The molecular formula is C26H20ClN3O5S. The van der Waals surface area contributed by atoms with Gasteiger partial charge in [-0.1, -0.05) is 54.1 Å². The first-order chi connectivity index (χ1) is 17.4. The van der Waals surface area contributed by atoms with Crippen molar-refractivity contribution in [3.63, 3.8) is 0 Å². The first kappa shape index (κ1) is 25.0. The van der Waals surface area contributed by atoms with E-state index in [0.29, 0.717) is 27.7 Å². The summed E-state index contributed by atoms with van der Waals surface area (Å²) in [7, 11) is 0. The van der Waals surface area contributed by atoms with Gasteiger partial charge in [0.1, 0.15) is 12.3 Å². The van der Waals surface area contributed by atoms with Gasteiger partial charge in [0.05, 0.1) is 15.6 Å². The molecule has 3 aromatic rings. The molecule has 0 spiro atoms. The molecule has 1 aliphatic heterocycles. The lowest BCUT2D eigenvalue weighted by molar-refractivity contribution is -0.127. The summed E-state index contributed by atoms with van der Waals surface area (Å²) in [5.41, 5.74) is 1.73. The second-order valence-corrected chi connectivity index (χ2v) is 8.97. The first-order valence-corrected chi connectivity index (χ1v) is 12.0. The van der Waals surface area contributed by atoms with E-state index in [9.17, 15) is 19.2 Å². The number of carbonyl (C=O) groups is 4. The monoisotopic (exact) mass is 521 g/mol. The number of halogens is 1. The molecule has 0 saturated carbocycles. The smallest absolute Gasteiger partial charge is 0.294 e. The van der Waals surface area contributed by atoms with Gasteiger partial charge >= 0.3 is 0 Å². The quantitative estimate of drug-likeness (QED) is 0.403. The number of benzene rings is 3. The largest absolute Gasteiger partial charge is 0.484 e. The molecule has 1 heterocycles. The number of hydrogen-bond donors (Lipinski definition) is 2. The van der Waals surface area contributed by atoms with Crippen LogP contribution in [0.2, 0.25) is 5.02 Å². The molecule has 0 atom stereocenters. The van der Waals surface area contributed by atoms with Crippen LogP contribution < -0.4 is 15.4 Å². The molecule has 4 amide bonds. The lowest BCUT2D eigenvalue weighted by Crippen LogP contribution is -2.36. The van der Waals surface area contributed by atoms with Gasteiger partial charge in [-0.3, -0.25) is 24.1 Å². The maximum absolute atomic E-state index is 12.7. The molecule has 10 heteroatoms. The van der Waals surface area contributed by atoms with Crippen LogP contribution in [0.4, 0.5) is 16.2 Å². The van der Waals surface area contributed by atoms with E-state index < -0.39 is 23.6 Å². The highest BCUT2D eigenvalue weighted by Crippen LogP contribution is 2.32. The highest BCUT2D eigenvalue weighted by Gasteiger charge is 2.36. The van der Waals surface area contributed by atoms with Crippen LogP contribution in [0.5, 0.6) is 5.75 Å². The minimum absolute atomic E-state index is 0.163. The number of thioether (sulfide) groups is 1. The zero-order chi connectivity index (χ0) is 25.5. The number of carbonyl (C=O) groups excluding carboxylic acids is 4. The molecule has 36 heavy (non-hydrogen) atoms. The summed E-state index contributed by atoms with van der Waals surface area (Å²) in [6, 6.07) is 22.4. The van der Waals surface area contributed by atoms with Gasteiger partial charge in [0.2, 0.25) is 5.91 Å². The first-order valence-electron chi connectivity index (χ1n) is 10.8. The average molecular weight is 522 g/mol. The van der Waals surface area contributed by atoms with Crippen LogP contribution in [0.1, 0.15) is 5.56 Å². The second kappa shape index (κ2) is 11.6. The van der Waals surface area contributed by atoms with Crippen molar-refractivity contribution in [3.05, 3.63) is 94.4 Å². The number of anilines is 2. The minimum Gasteiger partial charge on any atom is -0.484 e. The fourth-order valence-corrected chi connectivity index (χ4v) is 4.23. The van der Waals surface area contributed by atoms with Crippen LogP contribution in [0, 0.1) is 0 Å². The van der Waals surface area contributed by atoms with Crippen molar-refractivity contribution in [3.8, 4) is 5.75 Å². The molecule has 0 bridgehead atoms. The number of ether oxygens (including phenoxy) is 1. The van der Waals surface area contributed by atoms with Crippen molar-refractivity contribution in [1.29, 1.82) is 0 Å². The van der Waals surface area contributed by atoms with Gasteiger partial charge in [-0.25, -0.2) is 0 Å². The summed E-state index contributed by atoms with van der Waals surface area (Å²) >= 11 is 6.79. The van der Waals surface area contributed by atoms with Crippen molar-refractivity contribution in [1.82, 2.24) is 4.90 Å². The SMILES string of the molecule is O=C(COc1ccc(/C=C2/SC(=O)N(CC(=O)Nc3ccccc3Cl)C2=O)cc1)Nc1ccccc1. The van der Waals surface area contributed by atoms with Crippen LogP contribution in [-0.2, 0) is 14.4 Å². The molecule has 3 aromatic carbocycles. The average Bonchev–Trinajstić information content (AvgIpc) is 3.13. The van der Waals surface area contributed by atoms with Crippen molar-refractivity contribution in [2.45, 2.75) is 0 Å². The Labute approximate surface area is 216 Å². The second-order valence-electron chi connectivity index (χ2n) is 7.57. The number of imide groups is 1. The van der Waals surface area contributed by atoms with Gasteiger partial charge in [0.15, 0.2) is 6.61 Å². The van der Waals surface area contributed by atoms with Crippen molar-refractivity contribution in [2.24, 2.45) is 0 Å². The molecule has 0 aliphatic carbocycles. The molecule has 0 unspecified atom stereocenters. The predicted molar refractivity (Wildman–Crippen MR) is 140 cm³/mol. The van der Waals surface area contributed by atoms with Crippen LogP contribution in [0.25, 0.3) is 6.08 Å². The number of amides is 4. The fraction of sp³-hybridized carbons (Fsp3) is 0.0769. The van der Waals surface area contributed by atoms with Crippen LogP contribution >= 0.6 is 23.4 Å². The molecule has 0 radical (unpaired) electrons. The molecule has 0 aromatic heterocycles. The Morgan fingerprint density at radius 2 is 1.58 bits per heavy atom. The van der Waals surface area contributed by atoms with Gasteiger partial charge in [-0.2, -0.15) is 0 Å². The van der Waals surface area contributed by atoms with Gasteiger partial charge in [-0.05, 0) is 59.8 Å². The van der Waals surface area contributed by atoms with E-state index in [1.165, 1.54) is 0 Å². The normalized spacial score (nSPS) is 14.1. The summed E-state index contributed by atoms with van der Waals surface area (Å²) in [5, 5.41) is 5.14. The van der Waals surface area contributed by atoms with Crippen molar-refractivity contribution < 1.29 is 23.9 Å². The van der Waals surface area contributed by atoms with Crippen LogP contribution in [0.15, 0.2) is 83.8 Å².